The van der Waals surface area contributed by atoms with Crippen LogP contribution < -0.4 is 0 Å². The average molecular weight is 268 g/mol. The molecule has 18 heavy (non-hydrogen) atoms. The van der Waals surface area contributed by atoms with Crippen molar-refractivity contribution in [2.75, 3.05) is 26.3 Å². The van der Waals surface area contributed by atoms with Crippen molar-refractivity contribution in [1.82, 2.24) is 19.3 Å². The molecule has 0 atom stereocenters. The van der Waals surface area contributed by atoms with E-state index in [2.05, 4.69) is 15.0 Å². The molecular formula is C10H12N4O3S. The Morgan fingerprint density at radius 2 is 2.11 bits per heavy atom. The maximum Gasteiger partial charge on any atom is 0.245 e. The van der Waals surface area contributed by atoms with Gasteiger partial charge in [0.05, 0.1) is 18.6 Å². The van der Waals surface area contributed by atoms with Gasteiger partial charge in [-0.2, -0.15) is 4.31 Å². The van der Waals surface area contributed by atoms with E-state index in [0.29, 0.717) is 37.3 Å². The molecule has 7 nitrogen and oxygen atoms in total. The van der Waals surface area contributed by atoms with E-state index in [1.165, 1.54) is 23.0 Å². The molecule has 1 saturated heterocycles. The maximum absolute atomic E-state index is 12.5. The standard InChI is InChI=1S/C10H12N4O3S/c15-18(16,14-1-3-17-4-2-14)9-6-12-10-8(9)5-11-7-13-10/h5-7H,1-4H2,(H,11,12,13). The lowest BCUT2D eigenvalue weighted by molar-refractivity contribution is 0.0730. The summed E-state index contributed by atoms with van der Waals surface area (Å²) in [5, 5.41) is 0.518. The molecule has 1 aliphatic rings. The first-order chi connectivity index (χ1) is 8.69. The minimum absolute atomic E-state index is 0.222. The second-order valence-corrected chi connectivity index (χ2v) is 5.86. The first-order valence-corrected chi connectivity index (χ1v) is 6.98. The van der Waals surface area contributed by atoms with Gasteiger partial charge in [-0.1, -0.05) is 0 Å². The number of aromatic nitrogens is 3. The minimum Gasteiger partial charge on any atom is -0.379 e. The Balaban J connectivity index is 2.07. The Morgan fingerprint density at radius 3 is 2.89 bits per heavy atom. The summed E-state index contributed by atoms with van der Waals surface area (Å²) in [6.45, 7) is 1.61. The molecule has 0 unspecified atom stereocenters. The van der Waals surface area contributed by atoms with Crippen LogP contribution in [0.3, 0.4) is 0 Å². The lowest BCUT2D eigenvalue weighted by Gasteiger charge is -2.25. The molecule has 0 saturated carbocycles. The summed E-state index contributed by atoms with van der Waals surface area (Å²) < 4.78 is 31.5. The first-order valence-electron chi connectivity index (χ1n) is 5.54. The number of nitrogens with zero attached hydrogens (tertiary/aromatic N) is 3. The van der Waals surface area contributed by atoms with E-state index >= 15 is 0 Å². The van der Waals surface area contributed by atoms with Crippen LogP contribution in [0.5, 0.6) is 0 Å². The maximum atomic E-state index is 12.5. The second-order valence-electron chi connectivity index (χ2n) is 3.95. The third-order valence-electron chi connectivity index (χ3n) is 2.91. The number of nitrogens with one attached hydrogen (secondary N) is 1. The predicted molar refractivity (Wildman–Crippen MR) is 63.5 cm³/mol. The van der Waals surface area contributed by atoms with Gasteiger partial charge in [-0.3, -0.25) is 0 Å². The molecule has 2 aromatic rings. The highest BCUT2D eigenvalue weighted by Gasteiger charge is 2.28. The molecule has 0 aromatic carbocycles. The number of aromatic amines is 1. The Morgan fingerprint density at radius 1 is 1.33 bits per heavy atom. The van der Waals surface area contributed by atoms with E-state index < -0.39 is 10.0 Å². The van der Waals surface area contributed by atoms with Crippen molar-refractivity contribution in [2.45, 2.75) is 4.90 Å². The molecule has 0 amide bonds. The van der Waals surface area contributed by atoms with E-state index in [-0.39, 0.29) is 4.90 Å². The highest BCUT2D eigenvalue weighted by molar-refractivity contribution is 7.89. The predicted octanol–water partition coefficient (Wildman–Crippen LogP) is -0.0212. The molecule has 0 bridgehead atoms. The van der Waals surface area contributed by atoms with E-state index in [0.717, 1.165) is 0 Å². The smallest absolute Gasteiger partial charge is 0.245 e. The summed E-state index contributed by atoms with van der Waals surface area (Å²) in [5.74, 6) is 0. The third kappa shape index (κ3) is 1.78. The molecule has 3 rings (SSSR count). The molecular weight excluding hydrogens is 256 g/mol. The number of ether oxygens (including phenoxy) is 1. The molecule has 8 heteroatoms. The van der Waals surface area contributed by atoms with E-state index in [1.54, 1.807) is 0 Å². The van der Waals surface area contributed by atoms with Gasteiger partial charge < -0.3 is 9.72 Å². The summed E-state index contributed by atoms with van der Waals surface area (Å²) in [6.07, 6.45) is 4.35. The number of H-pyrrole nitrogens is 1. The zero-order valence-corrected chi connectivity index (χ0v) is 10.4. The quantitative estimate of drug-likeness (QED) is 0.827. The Hall–Kier alpha value is -1.51. The highest BCUT2D eigenvalue weighted by atomic mass is 32.2. The van der Waals surface area contributed by atoms with E-state index in [1.807, 2.05) is 0 Å². The Bertz CT molecular complexity index is 661. The fraction of sp³-hybridized carbons (Fsp3) is 0.400. The van der Waals surface area contributed by atoms with Crippen molar-refractivity contribution < 1.29 is 13.2 Å². The summed E-state index contributed by atoms with van der Waals surface area (Å²) in [4.78, 5) is 10.9. The van der Waals surface area contributed by atoms with Crippen molar-refractivity contribution >= 4 is 21.1 Å². The third-order valence-corrected chi connectivity index (χ3v) is 4.84. The molecule has 96 valence electrons. The van der Waals surface area contributed by atoms with Crippen LogP contribution in [-0.2, 0) is 14.8 Å². The molecule has 1 aliphatic heterocycles. The molecule has 2 aromatic heterocycles. The van der Waals surface area contributed by atoms with Crippen LogP contribution >= 0.6 is 0 Å². The molecule has 1 fully saturated rings. The number of rotatable bonds is 2. The van der Waals surface area contributed by atoms with Crippen LogP contribution in [0, 0.1) is 0 Å². The summed E-state index contributed by atoms with van der Waals surface area (Å²) in [7, 11) is -3.50. The van der Waals surface area contributed by atoms with Gasteiger partial charge in [0.2, 0.25) is 10.0 Å². The number of sulfonamides is 1. The fourth-order valence-corrected chi connectivity index (χ4v) is 3.52. The minimum atomic E-state index is -3.50. The molecule has 0 aliphatic carbocycles. The van der Waals surface area contributed by atoms with Gasteiger partial charge in [-0.15, -0.1) is 0 Å². The van der Waals surface area contributed by atoms with Crippen LogP contribution in [0.1, 0.15) is 0 Å². The van der Waals surface area contributed by atoms with Crippen LogP contribution in [0.2, 0.25) is 0 Å². The van der Waals surface area contributed by atoms with Crippen LogP contribution in [0.4, 0.5) is 0 Å². The summed E-state index contributed by atoms with van der Waals surface area (Å²) in [6, 6.07) is 0. The topological polar surface area (TPSA) is 88.2 Å². The zero-order chi connectivity index (χ0) is 12.6. The SMILES string of the molecule is O=S(=O)(c1c[nH]c2ncncc12)N1CCOCC1. The fourth-order valence-electron chi connectivity index (χ4n) is 1.98. The number of fused-ring (bicyclic) bond motifs is 1. The molecule has 0 radical (unpaired) electrons. The lowest BCUT2D eigenvalue weighted by Crippen LogP contribution is -2.40. The molecule has 0 spiro atoms. The number of hydrogen-bond acceptors (Lipinski definition) is 5. The summed E-state index contributed by atoms with van der Waals surface area (Å²) in [5.41, 5.74) is 0.525. The van der Waals surface area contributed by atoms with Gasteiger partial charge in [-0.05, 0) is 0 Å². The number of hydrogen-bond donors (Lipinski definition) is 1. The van der Waals surface area contributed by atoms with Crippen molar-refractivity contribution in [2.24, 2.45) is 0 Å². The van der Waals surface area contributed by atoms with Gasteiger partial charge in [0, 0.05) is 25.5 Å². The zero-order valence-electron chi connectivity index (χ0n) is 9.54. The van der Waals surface area contributed by atoms with E-state index in [4.69, 9.17) is 4.74 Å². The van der Waals surface area contributed by atoms with Crippen LogP contribution in [0.15, 0.2) is 23.6 Å². The lowest BCUT2D eigenvalue weighted by atomic mass is 10.4. The highest BCUT2D eigenvalue weighted by Crippen LogP contribution is 2.24. The average Bonchev–Trinajstić information content (AvgIpc) is 2.84. The Labute approximate surface area is 104 Å². The molecule has 3 heterocycles. The van der Waals surface area contributed by atoms with Crippen molar-refractivity contribution in [3.63, 3.8) is 0 Å². The van der Waals surface area contributed by atoms with Gasteiger partial charge in [0.15, 0.2) is 0 Å². The van der Waals surface area contributed by atoms with E-state index in [9.17, 15) is 8.42 Å². The second kappa shape index (κ2) is 4.30. The normalized spacial score (nSPS) is 18.2. The van der Waals surface area contributed by atoms with Gasteiger partial charge >= 0.3 is 0 Å². The van der Waals surface area contributed by atoms with Crippen molar-refractivity contribution in [1.29, 1.82) is 0 Å². The van der Waals surface area contributed by atoms with Crippen LogP contribution in [0.25, 0.3) is 11.0 Å². The van der Waals surface area contributed by atoms with Crippen molar-refractivity contribution in [3.05, 3.63) is 18.7 Å². The monoisotopic (exact) mass is 268 g/mol. The van der Waals surface area contributed by atoms with Crippen molar-refractivity contribution in [3.8, 4) is 0 Å². The van der Waals surface area contributed by atoms with Gasteiger partial charge in [0.25, 0.3) is 0 Å². The van der Waals surface area contributed by atoms with Gasteiger partial charge in [0.1, 0.15) is 16.9 Å². The van der Waals surface area contributed by atoms with Gasteiger partial charge in [-0.25, -0.2) is 18.4 Å². The number of morpholine rings is 1. The summed E-state index contributed by atoms with van der Waals surface area (Å²) >= 11 is 0. The molecule has 1 N–H and O–H groups in total. The Kier molecular flexibility index (Phi) is 2.77. The van der Waals surface area contributed by atoms with Crippen LogP contribution in [-0.4, -0.2) is 54.0 Å². The first kappa shape index (κ1) is 11.6. The largest absolute Gasteiger partial charge is 0.379 e.